The fraction of sp³-hybridized carbons (Fsp3) is 1.00. The molecule has 1 heterocycles. The van der Waals surface area contributed by atoms with Crippen LogP contribution in [0.25, 0.3) is 0 Å². The van der Waals surface area contributed by atoms with Gasteiger partial charge in [-0.25, -0.2) is 8.78 Å². The van der Waals surface area contributed by atoms with E-state index >= 15 is 0 Å². The highest BCUT2D eigenvalue weighted by atomic mass is 19.3. The maximum absolute atomic E-state index is 13.2. The van der Waals surface area contributed by atoms with Crippen LogP contribution < -0.4 is 5.32 Å². The molecule has 1 aliphatic carbocycles. The zero-order chi connectivity index (χ0) is 10.2. The molecule has 1 aliphatic heterocycles. The van der Waals surface area contributed by atoms with E-state index in [-0.39, 0.29) is 6.42 Å². The highest BCUT2D eigenvalue weighted by molar-refractivity contribution is 4.91. The molecule has 0 amide bonds. The molecule has 0 aromatic rings. The minimum Gasteiger partial charge on any atom is -0.308 e. The molecule has 1 unspecified atom stereocenters. The summed E-state index contributed by atoms with van der Waals surface area (Å²) in [6.45, 7) is 1.25. The molecule has 2 fully saturated rings. The largest absolute Gasteiger partial charge is 0.308 e. The van der Waals surface area contributed by atoms with Crippen molar-refractivity contribution in [1.29, 1.82) is 0 Å². The van der Waals surface area contributed by atoms with Gasteiger partial charge < -0.3 is 10.2 Å². The van der Waals surface area contributed by atoms with Crippen molar-refractivity contribution >= 4 is 0 Å². The Morgan fingerprint density at radius 3 is 2.64 bits per heavy atom. The third-order valence-corrected chi connectivity index (χ3v) is 3.30. The Hall–Kier alpha value is -0.220. The number of hydrogen-bond donors (Lipinski definition) is 1. The number of rotatable bonds is 4. The maximum Gasteiger partial charge on any atom is 0.264 e. The van der Waals surface area contributed by atoms with E-state index in [1.165, 1.54) is 12.8 Å². The number of nitrogens with one attached hydrogen (secondary N) is 1. The molecular weight excluding hydrogens is 186 g/mol. The monoisotopic (exact) mass is 204 g/mol. The lowest BCUT2D eigenvalue weighted by Crippen LogP contribution is -2.38. The van der Waals surface area contributed by atoms with Crippen molar-refractivity contribution < 1.29 is 8.78 Å². The molecule has 2 aliphatic rings. The molecule has 0 bridgehead atoms. The molecule has 82 valence electrons. The molecule has 1 saturated carbocycles. The average Bonchev–Trinajstić information content (AvgIpc) is 2.88. The van der Waals surface area contributed by atoms with Crippen LogP contribution >= 0.6 is 0 Å². The van der Waals surface area contributed by atoms with E-state index < -0.39 is 12.0 Å². The van der Waals surface area contributed by atoms with Gasteiger partial charge in [-0.15, -0.1) is 0 Å². The first kappa shape index (κ1) is 10.3. The zero-order valence-electron chi connectivity index (χ0n) is 8.60. The van der Waals surface area contributed by atoms with Gasteiger partial charge in [0.1, 0.15) is 0 Å². The van der Waals surface area contributed by atoms with E-state index in [9.17, 15) is 8.78 Å². The smallest absolute Gasteiger partial charge is 0.264 e. The van der Waals surface area contributed by atoms with E-state index in [0.29, 0.717) is 19.0 Å². The molecule has 0 spiro atoms. The Labute approximate surface area is 83.7 Å². The van der Waals surface area contributed by atoms with Gasteiger partial charge in [0.2, 0.25) is 0 Å². The van der Waals surface area contributed by atoms with Crippen LogP contribution in [0.1, 0.15) is 25.7 Å². The van der Waals surface area contributed by atoms with E-state index in [2.05, 4.69) is 10.2 Å². The van der Waals surface area contributed by atoms with Gasteiger partial charge in [0.25, 0.3) is 5.92 Å². The van der Waals surface area contributed by atoms with Crippen molar-refractivity contribution in [3.8, 4) is 0 Å². The van der Waals surface area contributed by atoms with Crippen LogP contribution in [0.3, 0.4) is 0 Å². The van der Waals surface area contributed by atoms with Crippen molar-refractivity contribution in [2.75, 3.05) is 20.1 Å². The van der Waals surface area contributed by atoms with Crippen LogP contribution in [-0.2, 0) is 0 Å². The number of halogens is 2. The number of alkyl halides is 2. The van der Waals surface area contributed by atoms with E-state index in [4.69, 9.17) is 0 Å². The van der Waals surface area contributed by atoms with Gasteiger partial charge in [-0.3, -0.25) is 0 Å². The molecule has 0 aromatic carbocycles. The molecule has 14 heavy (non-hydrogen) atoms. The highest BCUT2D eigenvalue weighted by Gasteiger charge is 2.43. The Morgan fingerprint density at radius 2 is 2.14 bits per heavy atom. The quantitative estimate of drug-likeness (QED) is 0.746. The Morgan fingerprint density at radius 1 is 1.43 bits per heavy atom. The molecular formula is C10H18F2N2. The summed E-state index contributed by atoms with van der Waals surface area (Å²) < 4.78 is 26.4. The van der Waals surface area contributed by atoms with Gasteiger partial charge in [-0.05, 0) is 32.9 Å². The van der Waals surface area contributed by atoms with Gasteiger partial charge in [0.05, 0.1) is 6.04 Å². The fourth-order valence-electron chi connectivity index (χ4n) is 2.08. The number of hydrogen-bond acceptors (Lipinski definition) is 2. The minimum atomic E-state index is -2.48. The lowest BCUT2D eigenvalue weighted by molar-refractivity contribution is -0.0151. The average molecular weight is 204 g/mol. The summed E-state index contributed by atoms with van der Waals surface area (Å²) in [5.74, 6) is -2.48. The summed E-state index contributed by atoms with van der Waals surface area (Å²) in [7, 11) is 2.03. The SMILES string of the molecule is CN(CCC1NCCC1(F)F)C1CC1. The molecule has 0 aromatic heterocycles. The maximum atomic E-state index is 13.2. The third-order valence-electron chi connectivity index (χ3n) is 3.30. The molecule has 1 atom stereocenters. The lowest BCUT2D eigenvalue weighted by atomic mass is 10.1. The molecule has 2 rings (SSSR count). The van der Waals surface area contributed by atoms with E-state index in [1.807, 2.05) is 7.05 Å². The summed E-state index contributed by atoms with van der Waals surface area (Å²) in [4.78, 5) is 2.20. The Bertz CT molecular complexity index is 204. The molecule has 1 N–H and O–H groups in total. The molecule has 4 heteroatoms. The van der Waals surface area contributed by atoms with Crippen LogP contribution in [-0.4, -0.2) is 43.0 Å². The summed E-state index contributed by atoms with van der Waals surface area (Å²) in [6, 6.07) is 0.0775. The predicted molar refractivity (Wildman–Crippen MR) is 51.6 cm³/mol. The third kappa shape index (κ3) is 2.23. The van der Waals surface area contributed by atoms with Crippen molar-refractivity contribution in [3.63, 3.8) is 0 Å². The van der Waals surface area contributed by atoms with Gasteiger partial charge in [0, 0.05) is 19.0 Å². The van der Waals surface area contributed by atoms with E-state index in [1.54, 1.807) is 0 Å². The van der Waals surface area contributed by atoms with Crippen LogP contribution in [0.15, 0.2) is 0 Å². The summed E-state index contributed by atoms with van der Waals surface area (Å²) in [5, 5.41) is 2.88. The van der Waals surface area contributed by atoms with Gasteiger partial charge in [-0.1, -0.05) is 0 Å². The van der Waals surface area contributed by atoms with Gasteiger partial charge in [-0.2, -0.15) is 0 Å². The normalized spacial score (nSPS) is 31.3. The first-order valence-corrected chi connectivity index (χ1v) is 5.41. The summed E-state index contributed by atoms with van der Waals surface area (Å²) >= 11 is 0. The summed E-state index contributed by atoms with van der Waals surface area (Å²) in [5.41, 5.74) is 0. The van der Waals surface area contributed by atoms with Crippen LogP contribution in [0.4, 0.5) is 8.78 Å². The highest BCUT2D eigenvalue weighted by Crippen LogP contribution is 2.31. The van der Waals surface area contributed by atoms with E-state index in [0.717, 1.165) is 6.54 Å². The second kappa shape index (κ2) is 3.74. The molecule has 0 radical (unpaired) electrons. The van der Waals surface area contributed by atoms with Gasteiger partial charge in [0.15, 0.2) is 0 Å². The second-order valence-corrected chi connectivity index (χ2v) is 4.52. The fourth-order valence-corrected chi connectivity index (χ4v) is 2.08. The Balaban J connectivity index is 1.74. The predicted octanol–water partition coefficient (Wildman–Crippen LogP) is 1.47. The Kier molecular flexibility index (Phi) is 2.75. The van der Waals surface area contributed by atoms with Crippen molar-refractivity contribution in [1.82, 2.24) is 10.2 Å². The number of nitrogens with zero attached hydrogens (tertiary/aromatic N) is 1. The van der Waals surface area contributed by atoms with Crippen molar-refractivity contribution in [2.45, 2.75) is 43.7 Å². The zero-order valence-corrected chi connectivity index (χ0v) is 8.60. The van der Waals surface area contributed by atoms with Crippen LogP contribution in [0.2, 0.25) is 0 Å². The second-order valence-electron chi connectivity index (χ2n) is 4.52. The molecule has 1 saturated heterocycles. The topological polar surface area (TPSA) is 15.3 Å². The summed E-state index contributed by atoms with van der Waals surface area (Å²) in [6.07, 6.45) is 3.06. The van der Waals surface area contributed by atoms with Crippen molar-refractivity contribution in [3.05, 3.63) is 0 Å². The van der Waals surface area contributed by atoms with Crippen molar-refractivity contribution in [2.24, 2.45) is 0 Å². The minimum absolute atomic E-state index is 0.00477. The van der Waals surface area contributed by atoms with Crippen LogP contribution in [0, 0.1) is 0 Å². The first-order chi connectivity index (χ1) is 6.59. The molecule has 2 nitrogen and oxygen atoms in total. The lowest BCUT2D eigenvalue weighted by Gasteiger charge is -2.22. The van der Waals surface area contributed by atoms with Gasteiger partial charge >= 0.3 is 0 Å². The standard InChI is InChI=1S/C10H18F2N2/c1-14(8-2-3-8)7-4-9-10(11,12)5-6-13-9/h8-9,13H,2-7H2,1H3. The van der Waals surface area contributed by atoms with Crippen LogP contribution in [0.5, 0.6) is 0 Å². The first-order valence-electron chi connectivity index (χ1n) is 5.41.